The minimum Gasteiger partial charge on any atom is -0.497 e. The van der Waals surface area contributed by atoms with Crippen LogP contribution in [0.25, 0.3) is 0 Å². The number of carbonyl (C=O) groups excluding carboxylic acids is 1. The van der Waals surface area contributed by atoms with Crippen molar-refractivity contribution in [1.29, 1.82) is 0 Å². The summed E-state index contributed by atoms with van der Waals surface area (Å²) in [5.74, 6) is 1.80. The summed E-state index contributed by atoms with van der Waals surface area (Å²) in [5, 5.41) is 17.3. The van der Waals surface area contributed by atoms with Crippen molar-refractivity contribution in [1.82, 2.24) is 10.6 Å². The van der Waals surface area contributed by atoms with E-state index in [0.717, 1.165) is 25.7 Å². The number of methoxy groups -OCH3 is 2. The molecule has 0 aromatic heterocycles. The van der Waals surface area contributed by atoms with Gasteiger partial charge >= 0.3 is 5.97 Å². The SMILES string of the molecule is CCNC(=NCC(O)c1cc(OC)cc(OC)c1)NC1CCC(C(=O)OCC)CC1. The van der Waals surface area contributed by atoms with Crippen LogP contribution in [0.3, 0.4) is 0 Å². The summed E-state index contributed by atoms with van der Waals surface area (Å²) in [5.41, 5.74) is 0.681. The molecule has 0 aliphatic heterocycles. The number of hydrogen-bond acceptors (Lipinski definition) is 6. The van der Waals surface area contributed by atoms with E-state index in [-0.39, 0.29) is 24.5 Å². The first-order valence-electron chi connectivity index (χ1n) is 10.6. The Kier molecular flexibility index (Phi) is 9.73. The fraction of sp³-hybridized carbons (Fsp3) is 0.636. The Morgan fingerprint density at radius 2 is 1.77 bits per heavy atom. The molecular weight excluding hydrogens is 386 g/mol. The second-order valence-corrected chi connectivity index (χ2v) is 7.33. The Morgan fingerprint density at radius 1 is 1.13 bits per heavy atom. The van der Waals surface area contributed by atoms with E-state index in [4.69, 9.17) is 14.2 Å². The van der Waals surface area contributed by atoms with E-state index in [1.165, 1.54) is 0 Å². The molecule has 2 rings (SSSR count). The molecule has 1 aliphatic carbocycles. The molecule has 1 saturated carbocycles. The van der Waals surface area contributed by atoms with Crippen molar-refractivity contribution in [3.05, 3.63) is 23.8 Å². The number of rotatable bonds is 9. The zero-order valence-corrected chi connectivity index (χ0v) is 18.4. The quantitative estimate of drug-likeness (QED) is 0.320. The highest BCUT2D eigenvalue weighted by molar-refractivity contribution is 5.80. The van der Waals surface area contributed by atoms with Crippen LogP contribution >= 0.6 is 0 Å². The Morgan fingerprint density at radius 3 is 2.30 bits per heavy atom. The van der Waals surface area contributed by atoms with Gasteiger partial charge in [0.05, 0.1) is 39.4 Å². The van der Waals surface area contributed by atoms with E-state index >= 15 is 0 Å². The monoisotopic (exact) mass is 421 g/mol. The maximum absolute atomic E-state index is 11.9. The Bertz CT molecular complexity index is 680. The molecule has 8 nitrogen and oxygen atoms in total. The number of aliphatic hydroxyl groups is 1. The summed E-state index contributed by atoms with van der Waals surface area (Å²) in [6.45, 7) is 5.17. The Balaban J connectivity index is 1.95. The van der Waals surface area contributed by atoms with Crippen molar-refractivity contribution in [2.24, 2.45) is 10.9 Å². The summed E-state index contributed by atoms with van der Waals surface area (Å²) < 4.78 is 15.7. The molecule has 1 aliphatic rings. The fourth-order valence-corrected chi connectivity index (χ4v) is 3.55. The van der Waals surface area contributed by atoms with Gasteiger partial charge in [-0.25, -0.2) is 0 Å². The predicted molar refractivity (Wildman–Crippen MR) is 116 cm³/mol. The summed E-state index contributed by atoms with van der Waals surface area (Å²) in [7, 11) is 3.15. The third kappa shape index (κ3) is 7.09. The van der Waals surface area contributed by atoms with Crippen LogP contribution in [0.1, 0.15) is 51.2 Å². The minimum atomic E-state index is -0.788. The van der Waals surface area contributed by atoms with E-state index in [2.05, 4.69) is 15.6 Å². The summed E-state index contributed by atoms with van der Waals surface area (Å²) in [4.78, 5) is 16.5. The molecule has 0 heterocycles. The average molecular weight is 422 g/mol. The van der Waals surface area contributed by atoms with E-state index in [9.17, 15) is 9.90 Å². The molecule has 0 spiro atoms. The number of esters is 1. The number of nitrogens with zero attached hydrogens (tertiary/aromatic N) is 1. The molecule has 0 amide bonds. The van der Waals surface area contributed by atoms with E-state index in [0.29, 0.717) is 36.2 Å². The molecule has 0 saturated heterocycles. The van der Waals surface area contributed by atoms with Gasteiger partial charge in [0.1, 0.15) is 11.5 Å². The van der Waals surface area contributed by atoms with Crippen LogP contribution in [0.4, 0.5) is 0 Å². The molecule has 0 bridgehead atoms. The molecule has 1 atom stereocenters. The molecule has 168 valence electrons. The van der Waals surface area contributed by atoms with Crippen LogP contribution < -0.4 is 20.1 Å². The average Bonchev–Trinajstić information content (AvgIpc) is 2.77. The third-order valence-corrected chi connectivity index (χ3v) is 5.21. The van der Waals surface area contributed by atoms with Crippen molar-refractivity contribution >= 4 is 11.9 Å². The topological polar surface area (TPSA) is 101 Å². The number of hydrogen-bond donors (Lipinski definition) is 3. The molecule has 0 radical (unpaired) electrons. The zero-order chi connectivity index (χ0) is 21.9. The minimum absolute atomic E-state index is 0.00705. The van der Waals surface area contributed by atoms with Crippen LogP contribution in [-0.4, -0.2) is 57.0 Å². The number of carbonyl (C=O) groups is 1. The lowest BCUT2D eigenvalue weighted by molar-refractivity contribution is -0.149. The number of aliphatic hydroxyl groups excluding tert-OH is 1. The largest absolute Gasteiger partial charge is 0.497 e. The van der Waals surface area contributed by atoms with Crippen molar-refractivity contribution in [2.75, 3.05) is 33.9 Å². The predicted octanol–water partition coefficient (Wildman–Crippen LogP) is 2.41. The van der Waals surface area contributed by atoms with Gasteiger partial charge in [-0.3, -0.25) is 9.79 Å². The van der Waals surface area contributed by atoms with E-state index < -0.39 is 6.10 Å². The van der Waals surface area contributed by atoms with Gasteiger partial charge in [0.15, 0.2) is 5.96 Å². The lowest BCUT2D eigenvalue weighted by Crippen LogP contribution is -2.45. The van der Waals surface area contributed by atoms with Crippen molar-refractivity contribution in [3.8, 4) is 11.5 Å². The van der Waals surface area contributed by atoms with Gasteiger partial charge in [-0.05, 0) is 57.2 Å². The van der Waals surface area contributed by atoms with Crippen molar-refractivity contribution in [2.45, 2.75) is 51.7 Å². The van der Waals surface area contributed by atoms with Gasteiger partial charge < -0.3 is 30.0 Å². The highest BCUT2D eigenvalue weighted by Gasteiger charge is 2.27. The van der Waals surface area contributed by atoms with Gasteiger partial charge in [0, 0.05) is 18.7 Å². The standard InChI is InChI=1S/C22H35N3O5/c1-5-23-22(25-17-9-7-15(8-10-17)21(27)30-6-2)24-14-20(26)16-11-18(28-3)13-19(12-16)29-4/h11-13,15,17,20,26H,5-10,14H2,1-4H3,(H2,23,24,25). The van der Waals surface area contributed by atoms with Crippen LogP contribution in [0.5, 0.6) is 11.5 Å². The first-order chi connectivity index (χ1) is 14.5. The number of guanidine groups is 1. The molecule has 30 heavy (non-hydrogen) atoms. The van der Waals surface area contributed by atoms with Crippen molar-refractivity contribution < 1.29 is 24.1 Å². The highest BCUT2D eigenvalue weighted by Crippen LogP contribution is 2.27. The number of benzene rings is 1. The molecule has 3 N–H and O–H groups in total. The van der Waals surface area contributed by atoms with Gasteiger partial charge in [0.2, 0.25) is 0 Å². The van der Waals surface area contributed by atoms with Gasteiger partial charge in [-0.15, -0.1) is 0 Å². The van der Waals surface area contributed by atoms with Gasteiger partial charge in [-0.2, -0.15) is 0 Å². The Labute approximate surface area is 179 Å². The lowest BCUT2D eigenvalue weighted by Gasteiger charge is -2.29. The number of aliphatic imine (C=N–C) groups is 1. The first-order valence-corrected chi connectivity index (χ1v) is 10.6. The number of ether oxygens (including phenoxy) is 3. The normalized spacial score (nSPS) is 20.2. The second-order valence-electron chi connectivity index (χ2n) is 7.33. The maximum atomic E-state index is 11.9. The van der Waals surface area contributed by atoms with Crippen molar-refractivity contribution in [3.63, 3.8) is 0 Å². The van der Waals surface area contributed by atoms with E-state index in [1.807, 2.05) is 13.8 Å². The molecule has 1 unspecified atom stereocenters. The molecule has 1 fully saturated rings. The number of nitrogens with one attached hydrogen (secondary N) is 2. The summed E-state index contributed by atoms with van der Waals surface area (Å²) in [6, 6.07) is 5.56. The molecule has 1 aromatic rings. The third-order valence-electron chi connectivity index (χ3n) is 5.21. The summed E-state index contributed by atoms with van der Waals surface area (Å²) in [6.07, 6.45) is 2.58. The van der Waals surface area contributed by atoms with E-state index in [1.54, 1.807) is 32.4 Å². The molecular formula is C22H35N3O5. The Hall–Kier alpha value is -2.48. The van der Waals surface area contributed by atoms with Gasteiger partial charge in [0.25, 0.3) is 0 Å². The second kappa shape index (κ2) is 12.3. The van der Waals surface area contributed by atoms with Crippen LogP contribution in [0, 0.1) is 5.92 Å². The zero-order valence-electron chi connectivity index (χ0n) is 18.4. The lowest BCUT2D eigenvalue weighted by atomic mass is 9.86. The smallest absolute Gasteiger partial charge is 0.308 e. The maximum Gasteiger partial charge on any atom is 0.308 e. The van der Waals surface area contributed by atoms with Crippen LogP contribution in [0.2, 0.25) is 0 Å². The van der Waals surface area contributed by atoms with Crippen LogP contribution in [0.15, 0.2) is 23.2 Å². The molecule has 8 heteroatoms. The fourth-order valence-electron chi connectivity index (χ4n) is 3.55. The molecule has 1 aromatic carbocycles. The first kappa shape index (κ1) is 23.8. The van der Waals surface area contributed by atoms with Crippen LogP contribution in [-0.2, 0) is 9.53 Å². The highest BCUT2D eigenvalue weighted by atomic mass is 16.5. The van der Waals surface area contributed by atoms with Gasteiger partial charge in [-0.1, -0.05) is 0 Å². The summed E-state index contributed by atoms with van der Waals surface area (Å²) >= 11 is 0.